The van der Waals surface area contributed by atoms with Gasteiger partial charge in [-0.15, -0.1) is 0 Å². The summed E-state index contributed by atoms with van der Waals surface area (Å²) in [7, 11) is 0. The van der Waals surface area contributed by atoms with Crippen LogP contribution in [0.2, 0.25) is 0 Å². The SMILES string of the molecule is CCNc1ncnc(Nc2ccccc2C(F)(F)F)c1[N+](=O)[O-]. The summed E-state index contributed by atoms with van der Waals surface area (Å²) in [5, 5.41) is 16.3. The molecule has 122 valence electrons. The van der Waals surface area contributed by atoms with Gasteiger partial charge >= 0.3 is 11.9 Å². The van der Waals surface area contributed by atoms with Crippen LogP contribution in [0.15, 0.2) is 30.6 Å². The molecule has 1 aromatic heterocycles. The van der Waals surface area contributed by atoms with Crippen molar-refractivity contribution >= 4 is 23.0 Å². The highest BCUT2D eigenvalue weighted by atomic mass is 19.4. The fourth-order valence-corrected chi connectivity index (χ4v) is 1.91. The normalized spacial score (nSPS) is 11.1. The molecule has 0 radical (unpaired) electrons. The van der Waals surface area contributed by atoms with Gasteiger partial charge in [-0.1, -0.05) is 12.1 Å². The van der Waals surface area contributed by atoms with Crippen LogP contribution in [0.3, 0.4) is 0 Å². The number of hydrogen-bond acceptors (Lipinski definition) is 6. The molecular weight excluding hydrogens is 315 g/mol. The number of nitrogens with zero attached hydrogens (tertiary/aromatic N) is 3. The van der Waals surface area contributed by atoms with Gasteiger partial charge < -0.3 is 10.6 Å². The lowest BCUT2D eigenvalue weighted by Crippen LogP contribution is -2.11. The summed E-state index contributed by atoms with van der Waals surface area (Å²) < 4.78 is 39.0. The molecule has 1 aromatic carbocycles. The summed E-state index contributed by atoms with van der Waals surface area (Å²) in [5.74, 6) is -0.392. The third-order valence-corrected chi connectivity index (χ3v) is 2.83. The van der Waals surface area contributed by atoms with E-state index in [2.05, 4.69) is 20.6 Å². The van der Waals surface area contributed by atoms with Crippen molar-refractivity contribution in [1.29, 1.82) is 0 Å². The summed E-state index contributed by atoms with van der Waals surface area (Å²) in [6, 6.07) is 4.66. The van der Waals surface area contributed by atoms with Gasteiger partial charge in [0.15, 0.2) is 0 Å². The minimum Gasteiger partial charge on any atom is -0.364 e. The van der Waals surface area contributed by atoms with Crippen molar-refractivity contribution in [2.75, 3.05) is 17.2 Å². The number of para-hydroxylation sites is 1. The number of aromatic nitrogens is 2. The van der Waals surface area contributed by atoms with E-state index in [1.807, 2.05) is 0 Å². The van der Waals surface area contributed by atoms with Crippen LogP contribution in [0.5, 0.6) is 0 Å². The molecule has 0 atom stereocenters. The monoisotopic (exact) mass is 327 g/mol. The average Bonchev–Trinajstić information content (AvgIpc) is 2.47. The predicted molar refractivity (Wildman–Crippen MR) is 77.6 cm³/mol. The van der Waals surface area contributed by atoms with Crippen LogP contribution in [0.4, 0.5) is 36.2 Å². The zero-order valence-electron chi connectivity index (χ0n) is 11.9. The first-order valence-corrected chi connectivity index (χ1v) is 6.51. The molecule has 0 fully saturated rings. The second kappa shape index (κ2) is 6.46. The second-order valence-electron chi connectivity index (χ2n) is 4.38. The molecule has 23 heavy (non-hydrogen) atoms. The maximum absolute atomic E-state index is 13.0. The van der Waals surface area contributed by atoms with Crippen molar-refractivity contribution in [2.24, 2.45) is 0 Å². The molecule has 0 aliphatic carbocycles. The molecule has 2 rings (SSSR count). The lowest BCUT2D eigenvalue weighted by Gasteiger charge is -2.14. The van der Waals surface area contributed by atoms with Gasteiger partial charge in [-0.3, -0.25) is 10.1 Å². The van der Waals surface area contributed by atoms with Gasteiger partial charge in [0.25, 0.3) is 0 Å². The van der Waals surface area contributed by atoms with E-state index in [1.54, 1.807) is 6.92 Å². The molecular formula is C13H12F3N5O2. The quantitative estimate of drug-likeness (QED) is 0.644. The molecule has 0 aliphatic heterocycles. The van der Waals surface area contributed by atoms with Gasteiger partial charge in [0, 0.05) is 6.54 Å². The first-order valence-electron chi connectivity index (χ1n) is 6.51. The average molecular weight is 327 g/mol. The maximum Gasteiger partial charge on any atom is 0.418 e. The van der Waals surface area contributed by atoms with Crippen LogP contribution in [-0.4, -0.2) is 21.4 Å². The summed E-state index contributed by atoms with van der Waals surface area (Å²) >= 11 is 0. The Balaban J connectivity index is 2.50. The van der Waals surface area contributed by atoms with Crippen molar-refractivity contribution < 1.29 is 18.1 Å². The molecule has 0 amide bonds. The van der Waals surface area contributed by atoms with Crippen LogP contribution in [-0.2, 0) is 6.18 Å². The molecule has 0 bridgehead atoms. The molecule has 2 N–H and O–H groups in total. The number of halogens is 3. The summed E-state index contributed by atoms with van der Waals surface area (Å²) in [6.45, 7) is 2.06. The van der Waals surface area contributed by atoms with Crippen LogP contribution >= 0.6 is 0 Å². The first kappa shape index (κ1) is 16.5. The van der Waals surface area contributed by atoms with Gasteiger partial charge in [0.05, 0.1) is 16.2 Å². The van der Waals surface area contributed by atoms with Gasteiger partial charge in [-0.25, -0.2) is 9.97 Å². The van der Waals surface area contributed by atoms with E-state index >= 15 is 0 Å². The van der Waals surface area contributed by atoms with Crippen molar-refractivity contribution in [2.45, 2.75) is 13.1 Å². The van der Waals surface area contributed by atoms with Gasteiger partial charge in [-0.2, -0.15) is 13.2 Å². The minimum atomic E-state index is -4.60. The molecule has 2 aromatic rings. The molecule has 0 spiro atoms. The van der Waals surface area contributed by atoms with Crippen LogP contribution < -0.4 is 10.6 Å². The van der Waals surface area contributed by atoms with Gasteiger partial charge in [-0.05, 0) is 19.1 Å². The molecule has 10 heteroatoms. The standard InChI is InChI=1S/C13H12F3N5O2/c1-2-17-11-10(21(22)23)12(19-7-18-11)20-9-6-4-3-5-8(9)13(14,15)16/h3-7H,2H2,1H3,(H2,17,18,19,20). The smallest absolute Gasteiger partial charge is 0.364 e. The van der Waals surface area contributed by atoms with E-state index in [0.29, 0.717) is 6.54 Å². The highest BCUT2D eigenvalue weighted by Crippen LogP contribution is 2.37. The topological polar surface area (TPSA) is 93.0 Å². The Morgan fingerprint density at radius 2 is 1.87 bits per heavy atom. The Labute approximate surface area is 128 Å². The minimum absolute atomic E-state index is 0.0699. The van der Waals surface area contributed by atoms with E-state index in [0.717, 1.165) is 12.4 Å². The number of hydrogen-bond donors (Lipinski definition) is 2. The number of rotatable bonds is 5. The predicted octanol–water partition coefficient (Wildman–Crippen LogP) is 3.58. The Bertz CT molecular complexity index is 721. The van der Waals surface area contributed by atoms with E-state index in [-0.39, 0.29) is 17.3 Å². The van der Waals surface area contributed by atoms with E-state index in [4.69, 9.17) is 0 Å². The fraction of sp³-hybridized carbons (Fsp3) is 0.231. The molecule has 0 aliphatic rings. The lowest BCUT2D eigenvalue weighted by atomic mass is 10.1. The van der Waals surface area contributed by atoms with Crippen molar-refractivity contribution in [3.8, 4) is 0 Å². The number of alkyl halides is 3. The number of benzene rings is 1. The molecule has 0 saturated heterocycles. The number of nitrogens with one attached hydrogen (secondary N) is 2. The molecule has 0 unspecified atom stereocenters. The fourth-order valence-electron chi connectivity index (χ4n) is 1.91. The summed E-state index contributed by atoms with van der Waals surface area (Å²) in [6.07, 6.45) is -3.57. The molecule has 1 heterocycles. The third-order valence-electron chi connectivity index (χ3n) is 2.83. The van der Waals surface area contributed by atoms with E-state index < -0.39 is 22.4 Å². The zero-order chi connectivity index (χ0) is 17.0. The molecule has 7 nitrogen and oxygen atoms in total. The van der Waals surface area contributed by atoms with Gasteiger partial charge in [0.2, 0.25) is 11.6 Å². The first-order chi connectivity index (χ1) is 10.8. The maximum atomic E-state index is 13.0. The van der Waals surface area contributed by atoms with Crippen LogP contribution in [0.1, 0.15) is 12.5 Å². The van der Waals surface area contributed by atoms with Crippen LogP contribution in [0.25, 0.3) is 0 Å². The highest BCUT2D eigenvalue weighted by molar-refractivity contribution is 5.74. The van der Waals surface area contributed by atoms with E-state index in [1.165, 1.54) is 18.2 Å². The highest BCUT2D eigenvalue weighted by Gasteiger charge is 2.34. The lowest BCUT2D eigenvalue weighted by molar-refractivity contribution is -0.383. The number of anilines is 3. The second-order valence-corrected chi connectivity index (χ2v) is 4.38. The largest absolute Gasteiger partial charge is 0.418 e. The summed E-state index contributed by atoms with van der Waals surface area (Å²) in [4.78, 5) is 17.9. The molecule has 0 saturated carbocycles. The van der Waals surface area contributed by atoms with Crippen molar-refractivity contribution in [3.63, 3.8) is 0 Å². The Morgan fingerprint density at radius 1 is 1.22 bits per heavy atom. The summed E-state index contributed by atoms with van der Waals surface area (Å²) in [5.41, 5.74) is -1.80. The van der Waals surface area contributed by atoms with Crippen molar-refractivity contribution in [1.82, 2.24) is 9.97 Å². The Kier molecular flexibility index (Phi) is 4.63. The zero-order valence-corrected chi connectivity index (χ0v) is 11.9. The number of nitro groups is 1. The Hall–Kier alpha value is -2.91. The van der Waals surface area contributed by atoms with Crippen LogP contribution in [0, 0.1) is 10.1 Å². The third kappa shape index (κ3) is 3.65. The van der Waals surface area contributed by atoms with Gasteiger partial charge in [0.1, 0.15) is 6.33 Å². The van der Waals surface area contributed by atoms with Crippen molar-refractivity contribution in [3.05, 3.63) is 46.3 Å². The van der Waals surface area contributed by atoms with E-state index in [9.17, 15) is 23.3 Å². The Morgan fingerprint density at radius 3 is 2.48 bits per heavy atom.